The molecule has 0 aliphatic carbocycles. The van der Waals surface area contributed by atoms with E-state index in [1.807, 2.05) is 6.07 Å². The largest absolute Gasteiger partial charge is 0.496 e. The number of carbonyl (C=O) groups is 2. The first-order valence-electron chi connectivity index (χ1n) is 10.0. The fourth-order valence-electron chi connectivity index (χ4n) is 3.60. The van der Waals surface area contributed by atoms with Gasteiger partial charge in [-0.05, 0) is 50.2 Å². The number of nitrogens with zero attached hydrogens (tertiary/aromatic N) is 2. The van der Waals surface area contributed by atoms with E-state index in [1.54, 1.807) is 41.0 Å². The van der Waals surface area contributed by atoms with Crippen LogP contribution >= 0.6 is 0 Å². The van der Waals surface area contributed by atoms with Crippen molar-refractivity contribution in [3.05, 3.63) is 59.2 Å². The summed E-state index contributed by atoms with van der Waals surface area (Å²) >= 11 is 0. The molecule has 1 saturated heterocycles. The summed E-state index contributed by atoms with van der Waals surface area (Å²) in [6.45, 7) is 3.53. The molecule has 2 aromatic carbocycles. The quantitative estimate of drug-likeness (QED) is 0.758. The van der Waals surface area contributed by atoms with Gasteiger partial charge >= 0.3 is 0 Å². The van der Waals surface area contributed by atoms with Crippen molar-refractivity contribution in [1.82, 2.24) is 14.5 Å². The van der Waals surface area contributed by atoms with Gasteiger partial charge < -0.3 is 14.5 Å². The first-order valence-corrected chi connectivity index (χ1v) is 11.5. The van der Waals surface area contributed by atoms with E-state index >= 15 is 0 Å². The molecule has 31 heavy (non-hydrogen) atoms. The number of rotatable bonds is 5. The number of amides is 2. The van der Waals surface area contributed by atoms with Crippen molar-refractivity contribution in [2.24, 2.45) is 0 Å². The number of methoxy groups -OCH3 is 1. The summed E-state index contributed by atoms with van der Waals surface area (Å²) in [5.41, 5.74) is 1.54. The zero-order valence-electron chi connectivity index (χ0n) is 17.9. The fourth-order valence-corrected chi connectivity index (χ4v) is 4.36. The fraction of sp³-hybridized carbons (Fsp3) is 0.364. The molecule has 8 nitrogen and oxygen atoms in total. The standard InChI is InChI=1S/C22H27N3O5S/c1-16-9-10-17(31(28,29)23-2)15-19(16)22(27)25-12-6-11-24(13-14-25)21(26)18-7-4-5-8-20(18)30-3/h4-5,7-10,15,23H,6,11-14H2,1-3H3. The van der Waals surface area contributed by atoms with Gasteiger partial charge in [-0.15, -0.1) is 0 Å². The van der Waals surface area contributed by atoms with Crippen LogP contribution in [0.25, 0.3) is 0 Å². The topological polar surface area (TPSA) is 96.0 Å². The summed E-state index contributed by atoms with van der Waals surface area (Å²) in [4.78, 5) is 29.6. The maximum Gasteiger partial charge on any atom is 0.257 e. The van der Waals surface area contributed by atoms with Crippen molar-refractivity contribution >= 4 is 21.8 Å². The monoisotopic (exact) mass is 445 g/mol. The first-order chi connectivity index (χ1) is 14.8. The van der Waals surface area contributed by atoms with Crippen LogP contribution in [0.15, 0.2) is 47.4 Å². The minimum atomic E-state index is -3.65. The van der Waals surface area contributed by atoms with Crippen molar-refractivity contribution in [2.75, 3.05) is 40.3 Å². The van der Waals surface area contributed by atoms with Crippen LogP contribution in [0, 0.1) is 6.92 Å². The Kier molecular flexibility index (Phi) is 6.97. The summed E-state index contributed by atoms with van der Waals surface area (Å²) in [6.07, 6.45) is 0.625. The SMILES string of the molecule is CNS(=O)(=O)c1ccc(C)c(C(=O)N2CCCN(C(=O)c3ccccc3OC)CC2)c1. The Morgan fingerprint density at radius 1 is 0.935 bits per heavy atom. The van der Waals surface area contributed by atoms with Crippen molar-refractivity contribution in [1.29, 1.82) is 0 Å². The molecular weight excluding hydrogens is 418 g/mol. The highest BCUT2D eigenvalue weighted by Crippen LogP contribution is 2.22. The van der Waals surface area contributed by atoms with E-state index in [9.17, 15) is 18.0 Å². The van der Waals surface area contributed by atoms with Gasteiger partial charge in [0, 0.05) is 31.7 Å². The van der Waals surface area contributed by atoms with Crippen LogP contribution < -0.4 is 9.46 Å². The molecule has 0 radical (unpaired) electrons. The van der Waals surface area contributed by atoms with E-state index in [1.165, 1.54) is 26.3 Å². The van der Waals surface area contributed by atoms with E-state index < -0.39 is 10.0 Å². The van der Waals surface area contributed by atoms with E-state index in [4.69, 9.17) is 4.74 Å². The average molecular weight is 446 g/mol. The third kappa shape index (κ3) is 4.88. The third-order valence-electron chi connectivity index (χ3n) is 5.43. The Morgan fingerprint density at radius 2 is 1.55 bits per heavy atom. The van der Waals surface area contributed by atoms with Crippen LogP contribution in [-0.2, 0) is 10.0 Å². The third-order valence-corrected chi connectivity index (χ3v) is 6.84. The molecule has 9 heteroatoms. The van der Waals surface area contributed by atoms with Crippen molar-refractivity contribution < 1.29 is 22.7 Å². The predicted molar refractivity (Wildman–Crippen MR) is 117 cm³/mol. The van der Waals surface area contributed by atoms with Crippen molar-refractivity contribution in [2.45, 2.75) is 18.2 Å². The number of para-hydroxylation sites is 1. The van der Waals surface area contributed by atoms with Crippen LogP contribution in [0.2, 0.25) is 0 Å². The van der Waals surface area contributed by atoms with Crippen LogP contribution in [0.5, 0.6) is 5.75 Å². The normalized spacial score (nSPS) is 14.8. The summed E-state index contributed by atoms with van der Waals surface area (Å²) < 4.78 is 31.8. The Hall–Kier alpha value is -2.91. The van der Waals surface area contributed by atoms with Gasteiger partial charge in [0.15, 0.2) is 0 Å². The summed E-state index contributed by atoms with van der Waals surface area (Å²) in [6, 6.07) is 11.6. The highest BCUT2D eigenvalue weighted by atomic mass is 32.2. The zero-order chi connectivity index (χ0) is 22.6. The van der Waals surface area contributed by atoms with Gasteiger partial charge in [-0.25, -0.2) is 13.1 Å². The van der Waals surface area contributed by atoms with Crippen LogP contribution in [0.1, 0.15) is 32.7 Å². The molecule has 1 heterocycles. The second-order valence-corrected chi connectivity index (χ2v) is 9.21. The van der Waals surface area contributed by atoms with Crippen molar-refractivity contribution in [3.63, 3.8) is 0 Å². The van der Waals surface area contributed by atoms with E-state index in [-0.39, 0.29) is 16.7 Å². The number of nitrogens with one attached hydrogen (secondary N) is 1. The van der Waals surface area contributed by atoms with E-state index in [2.05, 4.69) is 4.72 Å². The number of ether oxygens (including phenoxy) is 1. The van der Waals surface area contributed by atoms with Gasteiger partial charge in [-0.3, -0.25) is 9.59 Å². The molecule has 0 aromatic heterocycles. The second kappa shape index (κ2) is 9.49. The molecule has 2 aromatic rings. The molecule has 1 aliphatic rings. The molecule has 1 aliphatic heterocycles. The van der Waals surface area contributed by atoms with Crippen LogP contribution in [0.3, 0.4) is 0 Å². The highest BCUT2D eigenvalue weighted by Gasteiger charge is 2.26. The Bertz CT molecular complexity index is 1080. The summed E-state index contributed by atoms with van der Waals surface area (Å²) in [5, 5.41) is 0. The van der Waals surface area contributed by atoms with E-state index in [0.717, 1.165) is 0 Å². The number of hydrogen-bond donors (Lipinski definition) is 1. The van der Waals surface area contributed by atoms with Crippen molar-refractivity contribution in [3.8, 4) is 5.75 Å². The maximum absolute atomic E-state index is 13.2. The smallest absolute Gasteiger partial charge is 0.257 e. The number of hydrogen-bond acceptors (Lipinski definition) is 5. The lowest BCUT2D eigenvalue weighted by Gasteiger charge is -2.23. The number of benzene rings is 2. The Labute approximate surface area is 182 Å². The average Bonchev–Trinajstić information content (AvgIpc) is 3.04. The summed E-state index contributed by atoms with van der Waals surface area (Å²) in [7, 11) is -0.792. The number of sulfonamides is 1. The molecule has 0 bridgehead atoms. The van der Waals surface area contributed by atoms with Crippen LogP contribution in [-0.4, -0.2) is 70.4 Å². The molecule has 1 N–H and O–H groups in total. The highest BCUT2D eigenvalue weighted by molar-refractivity contribution is 7.89. The van der Waals surface area contributed by atoms with Gasteiger partial charge in [0.05, 0.1) is 17.6 Å². The number of aryl methyl sites for hydroxylation is 1. The minimum Gasteiger partial charge on any atom is -0.496 e. The van der Waals surface area contributed by atoms with Crippen LogP contribution in [0.4, 0.5) is 0 Å². The minimum absolute atomic E-state index is 0.0479. The molecule has 1 fully saturated rings. The van der Waals surface area contributed by atoms with Gasteiger partial charge in [0.2, 0.25) is 10.0 Å². The van der Waals surface area contributed by atoms with Gasteiger partial charge in [-0.2, -0.15) is 0 Å². The lowest BCUT2D eigenvalue weighted by atomic mass is 10.1. The van der Waals surface area contributed by atoms with Gasteiger partial charge in [0.1, 0.15) is 5.75 Å². The molecule has 166 valence electrons. The zero-order valence-corrected chi connectivity index (χ0v) is 18.7. The van der Waals surface area contributed by atoms with Gasteiger partial charge in [-0.1, -0.05) is 18.2 Å². The lowest BCUT2D eigenvalue weighted by Crippen LogP contribution is -2.37. The maximum atomic E-state index is 13.2. The number of carbonyl (C=O) groups excluding carboxylic acids is 2. The summed E-state index contributed by atoms with van der Waals surface area (Å²) in [5.74, 6) is 0.144. The second-order valence-electron chi connectivity index (χ2n) is 7.32. The predicted octanol–water partition coefficient (Wildman–Crippen LogP) is 1.90. The first kappa shape index (κ1) is 22.8. The molecule has 2 amide bonds. The molecule has 0 unspecified atom stereocenters. The van der Waals surface area contributed by atoms with E-state index in [0.29, 0.717) is 55.0 Å². The Balaban J connectivity index is 1.77. The molecular formula is C22H27N3O5S. The Morgan fingerprint density at radius 3 is 2.16 bits per heavy atom. The molecule has 0 atom stereocenters. The van der Waals surface area contributed by atoms with Gasteiger partial charge in [0.25, 0.3) is 11.8 Å². The molecule has 0 spiro atoms. The molecule has 0 saturated carbocycles. The molecule has 3 rings (SSSR count). The lowest BCUT2D eigenvalue weighted by molar-refractivity contribution is 0.0716.